The van der Waals surface area contributed by atoms with E-state index in [0.29, 0.717) is 65.2 Å². The highest BCUT2D eigenvalue weighted by Crippen LogP contribution is 2.48. The van der Waals surface area contributed by atoms with Crippen molar-refractivity contribution >= 4 is 17.1 Å². The Kier molecular flexibility index (Phi) is 33.0. The van der Waals surface area contributed by atoms with Gasteiger partial charge in [0.1, 0.15) is 23.0 Å². The van der Waals surface area contributed by atoms with Crippen LogP contribution in [0.15, 0.2) is 158 Å². The molecule has 0 aromatic heterocycles. The maximum atomic E-state index is 8.97. The summed E-state index contributed by atoms with van der Waals surface area (Å²) in [4.78, 5) is 2.35. The SMILES string of the molecule is C.C.COc1ccc(C(NCCOP(OCCCC#N)N(C(C)C)C(C)C)(c2ccccc2)c2ccc(OC)cc2)cc1.COc1ccc(C(c2ccccc2)(c2ccc(OC)cc2)N(C)CCOP(OCCCC#N)N(C(C)C)C(C)C)cc1. The van der Waals surface area contributed by atoms with Crippen LogP contribution in [0.2, 0.25) is 0 Å². The number of nitrogens with zero attached hydrogens (tertiary/aromatic N) is 5. The highest BCUT2D eigenvalue weighted by Gasteiger charge is 2.41. The summed E-state index contributed by atoms with van der Waals surface area (Å²) in [6.07, 6.45) is 2.32. The number of likely N-dealkylation sites (N-methyl/N-ethyl adjacent to an activating group) is 1. The van der Waals surface area contributed by atoms with Crippen LogP contribution in [0, 0.1) is 22.7 Å². The molecule has 1 N–H and O–H groups in total. The van der Waals surface area contributed by atoms with Gasteiger partial charge < -0.3 is 37.0 Å². The van der Waals surface area contributed by atoms with Crippen LogP contribution in [0.3, 0.4) is 0 Å². The van der Waals surface area contributed by atoms with Gasteiger partial charge in [-0.15, -0.1) is 0 Å². The van der Waals surface area contributed by atoms with Crippen molar-refractivity contribution in [2.24, 2.45) is 0 Å². The minimum absolute atomic E-state index is 0. The van der Waals surface area contributed by atoms with Gasteiger partial charge in [0.15, 0.2) is 0 Å². The van der Waals surface area contributed by atoms with Crippen molar-refractivity contribution in [2.75, 3.05) is 75.0 Å². The lowest BCUT2D eigenvalue weighted by molar-refractivity contribution is 0.133. The fourth-order valence-corrected chi connectivity index (χ4v) is 13.6. The predicted octanol–water partition coefficient (Wildman–Crippen LogP) is 16.2. The van der Waals surface area contributed by atoms with Gasteiger partial charge in [0.05, 0.1) is 78.1 Å². The summed E-state index contributed by atoms with van der Waals surface area (Å²) in [5.41, 5.74) is 5.36. The van der Waals surface area contributed by atoms with Crippen LogP contribution in [-0.2, 0) is 29.2 Å². The first-order valence-electron chi connectivity index (χ1n) is 28.7. The zero-order valence-electron chi connectivity index (χ0n) is 51.3. The molecule has 0 saturated heterocycles. The smallest absolute Gasteiger partial charge is 0.259 e. The minimum atomic E-state index is -1.30. The van der Waals surface area contributed by atoms with E-state index in [9.17, 15) is 0 Å². The minimum Gasteiger partial charge on any atom is -0.497 e. The van der Waals surface area contributed by atoms with E-state index >= 15 is 0 Å². The molecule has 0 aliphatic carbocycles. The number of benzene rings is 6. The third-order valence-electron chi connectivity index (χ3n) is 14.1. The molecule has 6 aromatic carbocycles. The fourth-order valence-electron chi connectivity index (χ4n) is 10.3. The second-order valence-corrected chi connectivity index (χ2v) is 23.8. The molecule has 0 saturated carbocycles. The van der Waals surface area contributed by atoms with Gasteiger partial charge in [-0.2, -0.15) is 10.5 Å². The number of ether oxygens (including phenoxy) is 4. The Balaban J connectivity index is 0.000000435. The highest BCUT2D eigenvalue weighted by atomic mass is 31.2. The van der Waals surface area contributed by atoms with Crippen molar-refractivity contribution in [3.8, 4) is 35.1 Å². The van der Waals surface area contributed by atoms with Crippen molar-refractivity contribution in [1.82, 2.24) is 19.6 Å². The Hall–Kier alpha value is -5.96. The van der Waals surface area contributed by atoms with Gasteiger partial charge in [-0.25, -0.2) is 9.34 Å². The third kappa shape index (κ3) is 20.0. The van der Waals surface area contributed by atoms with E-state index < -0.39 is 28.1 Å². The Morgan fingerprint density at radius 1 is 0.424 bits per heavy atom. The van der Waals surface area contributed by atoms with Crippen molar-refractivity contribution in [3.05, 3.63) is 191 Å². The number of rotatable bonds is 34. The second kappa shape index (κ2) is 38.3. The van der Waals surface area contributed by atoms with E-state index in [-0.39, 0.29) is 39.0 Å². The fraction of sp³-hybridized carbons (Fsp3) is 0.449. The van der Waals surface area contributed by atoms with Gasteiger partial charge in [0.2, 0.25) is 0 Å². The molecule has 462 valence electrons. The molecule has 85 heavy (non-hydrogen) atoms. The van der Waals surface area contributed by atoms with Crippen molar-refractivity contribution in [3.63, 3.8) is 0 Å². The molecule has 6 aromatic rings. The quantitative estimate of drug-likeness (QED) is 0.0232. The van der Waals surface area contributed by atoms with Crippen LogP contribution >= 0.6 is 17.1 Å². The molecule has 0 radical (unpaired) electrons. The van der Waals surface area contributed by atoms with Gasteiger partial charge in [-0.1, -0.05) is 124 Å². The van der Waals surface area contributed by atoms with E-state index in [1.807, 2.05) is 60.7 Å². The Bertz CT molecular complexity index is 2710. The normalized spacial score (nSPS) is 12.3. The first-order chi connectivity index (χ1) is 40.2. The van der Waals surface area contributed by atoms with Crippen LogP contribution in [0.1, 0.15) is 129 Å². The Labute approximate surface area is 514 Å². The summed E-state index contributed by atoms with van der Waals surface area (Å²) >= 11 is 0. The molecule has 0 amide bonds. The highest BCUT2D eigenvalue weighted by molar-refractivity contribution is 7.44. The van der Waals surface area contributed by atoms with Gasteiger partial charge in [-0.05, 0) is 157 Å². The zero-order valence-corrected chi connectivity index (χ0v) is 53.1. The summed E-state index contributed by atoms with van der Waals surface area (Å²) in [5.74, 6) is 3.22. The molecule has 6 rings (SSSR count). The first kappa shape index (κ1) is 73.3. The maximum absolute atomic E-state index is 8.97. The van der Waals surface area contributed by atoms with Crippen LogP contribution in [0.4, 0.5) is 0 Å². The summed E-state index contributed by atoms with van der Waals surface area (Å²) in [7, 11) is 6.28. The molecule has 14 nitrogen and oxygen atoms in total. The lowest BCUT2D eigenvalue weighted by Crippen LogP contribution is -2.47. The Morgan fingerprint density at radius 3 is 1.05 bits per heavy atom. The van der Waals surface area contributed by atoms with Gasteiger partial charge in [-0.3, -0.25) is 10.2 Å². The van der Waals surface area contributed by atoms with E-state index in [0.717, 1.165) is 56.4 Å². The van der Waals surface area contributed by atoms with E-state index in [1.54, 1.807) is 28.4 Å². The zero-order chi connectivity index (χ0) is 60.2. The molecule has 2 unspecified atom stereocenters. The average Bonchev–Trinajstić information content (AvgIpc) is 2.14. The molecule has 0 spiro atoms. The van der Waals surface area contributed by atoms with Crippen LogP contribution in [-0.4, -0.2) is 113 Å². The molecule has 2 atom stereocenters. The van der Waals surface area contributed by atoms with Gasteiger partial charge in [0.25, 0.3) is 17.1 Å². The molecular formula is C69H98N6O8P2. The van der Waals surface area contributed by atoms with Gasteiger partial charge >= 0.3 is 0 Å². The summed E-state index contributed by atoms with van der Waals surface area (Å²) in [6.45, 7) is 20.4. The van der Waals surface area contributed by atoms with E-state index in [2.05, 4.69) is 191 Å². The van der Waals surface area contributed by atoms with Crippen molar-refractivity contribution in [2.45, 2.75) is 131 Å². The van der Waals surface area contributed by atoms with E-state index in [4.69, 9.17) is 47.6 Å². The molecular weight excluding hydrogens is 1100 g/mol. The molecule has 0 aliphatic rings. The van der Waals surface area contributed by atoms with Gasteiger partial charge in [0, 0.05) is 50.1 Å². The van der Waals surface area contributed by atoms with Crippen LogP contribution < -0.4 is 24.3 Å². The number of nitrogens with one attached hydrogen (secondary N) is 1. The topological polar surface area (TPSA) is 143 Å². The lowest BCUT2D eigenvalue weighted by atomic mass is 9.75. The van der Waals surface area contributed by atoms with E-state index in [1.165, 1.54) is 0 Å². The average molecular weight is 1200 g/mol. The second-order valence-electron chi connectivity index (χ2n) is 20.9. The number of hydrogen-bond acceptors (Lipinski definition) is 14. The maximum Gasteiger partial charge on any atom is 0.259 e. The standard InChI is InChI=1S/C34H46N3O4P.C33H44N3O4P.2CH4/c1-27(2)37(28(3)4)42(40-25-12-11-23-35)41-26-24-36(5)34(29-13-9-8-10-14-29,30-15-19-32(38-6)20-16-30)31-17-21-33(39-7)22-18-31;1-26(2)36(27(3)4)41(39-24-11-10-22-34)40-25-23-35-33(28-12-8-7-9-13-28,29-14-18-31(37-5)19-15-29)30-16-20-32(38-6)21-17-30;;/h8-10,13-22,27-28H,11-12,24-26H2,1-7H3;7-9,12-21,26-27,35H,10-11,23-25H2,1-6H3;2*1H4. The van der Waals surface area contributed by atoms with Crippen molar-refractivity contribution < 1.29 is 37.0 Å². The lowest BCUT2D eigenvalue weighted by Gasteiger charge is -2.44. The summed E-state index contributed by atoms with van der Waals surface area (Å²) < 4.78 is 52.0. The van der Waals surface area contributed by atoms with Crippen LogP contribution in [0.5, 0.6) is 23.0 Å². The number of nitriles is 2. The number of methoxy groups -OCH3 is 4. The summed E-state index contributed by atoms with van der Waals surface area (Å²) in [6, 6.07) is 59.4. The number of unbranched alkanes of at least 4 members (excludes halogenated alkanes) is 2. The first-order valence-corrected chi connectivity index (χ1v) is 31.0. The molecule has 0 aliphatic heterocycles. The monoisotopic (exact) mass is 1200 g/mol. The predicted molar refractivity (Wildman–Crippen MR) is 350 cm³/mol. The third-order valence-corrected chi connectivity index (χ3v) is 18.3. The number of hydrogen-bond donors (Lipinski definition) is 1. The molecule has 0 bridgehead atoms. The molecule has 0 fully saturated rings. The molecule has 0 heterocycles. The van der Waals surface area contributed by atoms with Crippen LogP contribution in [0.25, 0.3) is 0 Å². The van der Waals surface area contributed by atoms with Crippen molar-refractivity contribution in [1.29, 1.82) is 10.5 Å². The summed E-state index contributed by atoms with van der Waals surface area (Å²) in [5, 5.41) is 21.8. The largest absolute Gasteiger partial charge is 0.497 e. The Morgan fingerprint density at radius 2 is 0.718 bits per heavy atom. The molecule has 16 heteroatoms.